The fourth-order valence-electron chi connectivity index (χ4n) is 3.46. The minimum absolute atomic E-state index is 0.329. The number of aryl methyl sites for hydroxylation is 1. The van der Waals surface area contributed by atoms with Gasteiger partial charge in [0.05, 0.1) is 6.42 Å². The van der Waals surface area contributed by atoms with Gasteiger partial charge in [-0.25, -0.2) is 9.18 Å². The van der Waals surface area contributed by atoms with Crippen molar-refractivity contribution in [2.75, 3.05) is 0 Å². The Morgan fingerprint density at radius 1 is 0.949 bits per heavy atom. The van der Waals surface area contributed by atoms with Gasteiger partial charge in [0, 0.05) is 29.1 Å². The molecule has 0 aliphatic carbocycles. The molecule has 39 heavy (non-hydrogen) atoms. The molecule has 0 aliphatic rings. The third-order valence-electron chi connectivity index (χ3n) is 5.10. The maximum absolute atomic E-state index is 14.2. The first kappa shape index (κ1) is 31.0. The molecule has 2 aromatic rings. The molecule has 0 saturated carbocycles. The molecule has 210 valence electrons. The van der Waals surface area contributed by atoms with Crippen LogP contribution >= 0.6 is 0 Å². The number of hydrogen-bond acceptors (Lipinski definition) is 5. The van der Waals surface area contributed by atoms with E-state index in [0.717, 1.165) is 0 Å². The van der Waals surface area contributed by atoms with E-state index >= 15 is 0 Å². The standard InChI is InChI=1S/C29H37FN4O5/c1-18-12-13-19(20-10-8-9-11-22(20)30)16-21(18)25(36)31-14-15-32-26(37)23(17-24(35)34-28(2,3)4)33-27(38)39-29(5,6)7/h8-16,23H,17H2,1-7H3,(H,31,36)(H,32,37)(H,33,38)(H,34,35)/b15-14+/t23-/m0/s1. The largest absolute Gasteiger partial charge is 0.444 e. The van der Waals surface area contributed by atoms with Gasteiger partial charge in [-0.15, -0.1) is 0 Å². The van der Waals surface area contributed by atoms with Gasteiger partial charge in [-0.3, -0.25) is 14.4 Å². The Kier molecular flexibility index (Phi) is 10.4. The second kappa shape index (κ2) is 13.0. The number of carbonyl (C=O) groups excluding carboxylic acids is 4. The summed E-state index contributed by atoms with van der Waals surface area (Å²) in [5, 5.41) is 10.2. The summed E-state index contributed by atoms with van der Waals surface area (Å²) in [6, 6.07) is 10.1. The van der Waals surface area contributed by atoms with Crippen LogP contribution in [0.3, 0.4) is 0 Å². The Balaban J connectivity index is 2.08. The Hall–Kier alpha value is -4.21. The summed E-state index contributed by atoms with van der Waals surface area (Å²) in [7, 11) is 0. The van der Waals surface area contributed by atoms with Crippen LogP contribution in [-0.2, 0) is 14.3 Å². The molecule has 0 saturated heterocycles. The number of alkyl carbamates (subject to hydrolysis) is 1. The van der Waals surface area contributed by atoms with Crippen molar-refractivity contribution >= 4 is 23.8 Å². The van der Waals surface area contributed by atoms with Gasteiger partial charge in [0.2, 0.25) is 11.8 Å². The van der Waals surface area contributed by atoms with E-state index in [2.05, 4.69) is 21.3 Å². The molecule has 0 spiro atoms. The summed E-state index contributed by atoms with van der Waals surface area (Å²) < 4.78 is 19.4. The molecule has 2 aromatic carbocycles. The van der Waals surface area contributed by atoms with Gasteiger partial charge in [-0.1, -0.05) is 30.3 Å². The lowest BCUT2D eigenvalue weighted by Crippen LogP contribution is -2.51. The van der Waals surface area contributed by atoms with Gasteiger partial charge < -0.3 is 26.0 Å². The van der Waals surface area contributed by atoms with Gasteiger partial charge >= 0.3 is 6.09 Å². The zero-order chi connectivity index (χ0) is 29.4. The molecule has 0 radical (unpaired) electrons. The molecule has 0 bridgehead atoms. The van der Waals surface area contributed by atoms with Crippen molar-refractivity contribution in [3.8, 4) is 11.1 Å². The minimum Gasteiger partial charge on any atom is -0.444 e. The topological polar surface area (TPSA) is 126 Å². The quantitative estimate of drug-likeness (QED) is 0.397. The number of benzene rings is 2. The maximum atomic E-state index is 14.2. The molecule has 0 aliphatic heterocycles. The summed E-state index contributed by atoms with van der Waals surface area (Å²) in [6.07, 6.45) is 1.22. The predicted octanol–water partition coefficient (Wildman–Crippen LogP) is 4.32. The summed E-state index contributed by atoms with van der Waals surface area (Å²) in [5.74, 6) is -2.00. The molecule has 0 heterocycles. The van der Waals surface area contributed by atoms with E-state index in [-0.39, 0.29) is 6.42 Å². The van der Waals surface area contributed by atoms with Crippen molar-refractivity contribution < 1.29 is 28.3 Å². The average molecular weight is 541 g/mol. The fourth-order valence-corrected chi connectivity index (χ4v) is 3.46. The average Bonchev–Trinajstić information content (AvgIpc) is 2.79. The lowest BCUT2D eigenvalue weighted by molar-refractivity contribution is -0.128. The highest BCUT2D eigenvalue weighted by Crippen LogP contribution is 2.25. The number of amides is 4. The Labute approximate surface area is 228 Å². The summed E-state index contributed by atoms with van der Waals surface area (Å²) in [5.41, 5.74) is 0.589. The highest BCUT2D eigenvalue weighted by Gasteiger charge is 2.27. The van der Waals surface area contributed by atoms with Gasteiger partial charge in [-0.2, -0.15) is 0 Å². The Bertz CT molecular complexity index is 1210. The van der Waals surface area contributed by atoms with E-state index < -0.39 is 46.8 Å². The van der Waals surface area contributed by atoms with Crippen LogP contribution in [0, 0.1) is 12.7 Å². The monoisotopic (exact) mass is 540 g/mol. The van der Waals surface area contributed by atoms with Crippen molar-refractivity contribution in [1.82, 2.24) is 21.3 Å². The number of halogens is 1. The van der Waals surface area contributed by atoms with Crippen LogP contribution in [0.5, 0.6) is 0 Å². The first-order valence-corrected chi connectivity index (χ1v) is 12.5. The van der Waals surface area contributed by atoms with Crippen LogP contribution in [0.2, 0.25) is 0 Å². The third-order valence-corrected chi connectivity index (χ3v) is 5.10. The van der Waals surface area contributed by atoms with Crippen molar-refractivity contribution in [3.63, 3.8) is 0 Å². The van der Waals surface area contributed by atoms with Crippen molar-refractivity contribution in [1.29, 1.82) is 0 Å². The molecule has 4 amide bonds. The molecular weight excluding hydrogens is 503 g/mol. The van der Waals surface area contributed by atoms with Gasteiger partial charge in [0.25, 0.3) is 5.91 Å². The van der Waals surface area contributed by atoms with E-state index in [1.165, 1.54) is 18.5 Å². The number of rotatable bonds is 8. The molecule has 10 heteroatoms. The van der Waals surface area contributed by atoms with Gasteiger partial charge in [-0.05, 0) is 71.7 Å². The molecular formula is C29H37FN4O5. The van der Waals surface area contributed by atoms with E-state index in [1.807, 2.05) is 0 Å². The van der Waals surface area contributed by atoms with Gasteiger partial charge in [0.15, 0.2) is 0 Å². The first-order valence-electron chi connectivity index (χ1n) is 12.5. The van der Waals surface area contributed by atoms with E-state index in [4.69, 9.17) is 4.74 Å². The van der Waals surface area contributed by atoms with Crippen LogP contribution in [-0.4, -0.2) is 41.0 Å². The molecule has 9 nitrogen and oxygen atoms in total. The lowest BCUT2D eigenvalue weighted by Gasteiger charge is -2.24. The highest BCUT2D eigenvalue weighted by molar-refractivity contribution is 5.97. The van der Waals surface area contributed by atoms with E-state index in [9.17, 15) is 23.6 Å². The van der Waals surface area contributed by atoms with Crippen molar-refractivity contribution in [2.24, 2.45) is 0 Å². The van der Waals surface area contributed by atoms with Crippen LogP contribution in [0.4, 0.5) is 9.18 Å². The normalized spacial score (nSPS) is 12.4. The fraction of sp³-hybridized carbons (Fsp3) is 0.379. The summed E-state index contributed by atoms with van der Waals surface area (Å²) in [6.45, 7) is 12.1. The molecule has 2 rings (SSSR count). The van der Waals surface area contributed by atoms with E-state index in [1.54, 1.807) is 84.9 Å². The molecule has 0 aromatic heterocycles. The Morgan fingerprint density at radius 2 is 1.59 bits per heavy atom. The predicted molar refractivity (Wildman–Crippen MR) is 147 cm³/mol. The maximum Gasteiger partial charge on any atom is 0.408 e. The second-order valence-corrected chi connectivity index (χ2v) is 11.0. The summed E-state index contributed by atoms with van der Waals surface area (Å²) in [4.78, 5) is 50.2. The SMILES string of the molecule is Cc1ccc(-c2ccccc2F)cc1C(=O)N/C=C/NC(=O)[C@H](CC(=O)NC(C)(C)C)NC(=O)OC(C)(C)C. The molecule has 1 atom stereocenters. The first-order chi connectivity index (χ1) is 18.1. The van der Waals surface area contributed by atoms with Crippen LogP contribution in [0.1, 0.15) is 63.9 Å². The van der Waals surface area contributed by atoms with Crippen molar-refractivity contribution in [2.45, 2.75) is 72.1 Å². The molecule has 0 unspecified atom stereocenters. The van der Waals surface area contributed by atoms with Crippen molar-refractivity contribution in [3.05, 3.63) is 71.8 Å². The molecule has 4 N–H and O–H groups in total. The number of nitrogens with one attached hydrogen (secondary N) is 4. The van der Waals surface area contributed by atoms with Crippen LogP contribution < -0.4 is 21.3 Å². The van der Waals surface area contributed by atoms with Gasteiger partial charge in [0.1, 0.15) is 17.5 Å². The minimum atomic E-state index is -1.23. The summed E-state index contributed by atoms with van der Waals surface area (Å²) >= 11 is 0. The smallest absolute Gasteiger partial charge is 0.408 e. The number of ether oxygens (including phenoxy) is 1. The lowest BCUT2D eigenvalue weighted by atomic mass is 9.99. The number of carbonyl (C=O) groups is 4. The van der Waals surface area contributed by atoms with E-state index in [0.29, 0.717) is 22.3 Å². The Morgan fingerprint density at radius 3 is 2.21 bits per heavy atom. The number of hydrogen-bond donors (Lipinski definition) is 4. The zero-order valence-electron chi connectivity index (χ0n) is 23.4. The van der Waals surface area contributed by atoms with Crippen LogP contribution in [0.15, 0.2) is 54.9 Å². The highest BCUT2D eigenvalue weighted by atomic mass is 19.1. The third kappa shape index (κ3) is 10.6. The van der Waals surface area contributed by atoms with Crippen LogP contribution in [0.25, 0.3) is 11.1 Å². The second-order valence-electron chi connectivity index (χ2n) is 11.0. The molecule has 0 fully saturated rings. The zero-order valence-corrected chi connectivity index (χ0v) is 23.4.